The average molecular weight is 448 g/mol. The monoisotopic (exact) mass is 447 g/mol. The number of nitrogens with zero attached hydrogens (tertiary/aromatic N) is 1. The van der Waals surface area contributed by atoms with E-state index in [2.05, 4.69) is 10.6 Å². The van der Waals surface area contributed by atoms with Crippen LogP contribution in [0.15, 0.2) is 59.5 Å². The lowest BCUT2D eigenvalue weighted by Crippen LogP contribution is -2.45. The number of urea groups is 1. The maximum absolute atomic E-state index is 12.8. The fourth-order valence-corrected chi connectivity index (χ4v) is 3.71. The molecule has 0 spiro atoms. The number of rotatable bonds is 10. The van der Waals surface area contributed by atoms with Gasteiger partial charge in [-0.25, -0.2) is 13.2 Å². The first-order valence-corrected chi connectivity index (χ1v) is 11.9. The standard InChI is InChI=1S/C22H29N3O5S/c1-4-23-22(27)24-21(26)20(17-10-6-5-7-11-17)25(2)14-9-15-30-18-12-8-13-19(16-18)31(3,28)29/h5-8,10-13,16,20H,4,9,14-15H2,1-3H3,(H2,23,24,26,27). The lowest BCUT2D eigenvalue weighted by Gasteiger charge is -2.27. The van der Waals surface area contributed by atoms with Crippen molar-refractivity contribution in [2.24, 2.45) is 0 Å². The molecule has 0 bridgehead atoms. The van der Waals surface area contributed by atoms with Crippen LogP contribution in [0, 0.1) is 0 Å². The molecular weight excluding hydrogens is 418 g/mol. The van der Waals surface area contributed by atoms with Crippen molar-refractivity contribution in [3.8, 4) is 5.75 Å². The molecular formula is C22H29N3O5S. The van der Waals surface area contributed by atoms with Gasteiger partial charge in [0, 0.05) is 19.3 Å². The Kier molecular flexibility index (Phi) is 9.02. The minimum atomic E-state index is -3.30. The van der Waals surface area contributed by atoms with E-state index in [1.165, 1.54) is 12.1 Å². The molecule has 1 atom stereocenters. The first-order chi connectivity index (χ1) is 14.7. The Labute approximate surface area is 183 Å². The Morgan fingerprint density at radius 2 is 1.81 bits per heavy atom. The maximum Gasteiger partial charge on any atom is 0.321 e. The van der Waals surface area contributed by atoms with E-state index >= 15 is 0 Å². The van der Waals surface area contributed by atoms with Gasteiger partial charge in [0.25, 0.3) is 0 Å². The third-order valence-corrected chi connectivity index (χ3v) is 5.65. The van der Waals surface area contributed by atoms with E-state index in [1.54, 1.807) is 26.1 Å². The maximum atomic E-state index is 12.8. The van der Waals surface area contributed by atoms with Gasteiger partial charge in [-0.1, -0.05) is 36.4 Å². The number of benzene rings is 2. The number of sulfone groups is 1. The third kappa shape index (κ3) is 7.69. The summed E-state index contributed by atoms with van der Waals surface area (Å²) >= 11 is 0. The van der Waals surface area contributed by atoms with E-state index < -0.39 is 27.8 Å². The van der Waals surface area contributed by atoms with Crippen molar-refractivity contribution in [3.63, 3.8) is 0 Å². The highest BCUT2D eigenvalue weighted by Gasteiger charge is 2.26. The second-order valence-corrected chi connectivity index (χ2v) is 9.11. The van der Waals surface area contributed by atoms with Gasteiger partial charge in [-0.15, -0.1) is 0 Å². The topological polar surface area (TPSA) is 105 Å². The van der Waals surface area contributed by atoms with Gasteiger partial charge in [-0.3, -0.25) is 15.0 Å². The minimum Gasteiger partial charge on any atom is -0.494 e. The van der Waals surface area contributed by atoms with Crippen LogP contribution in [0.3, 0.4) is 0 Å². The smallest absolute Gasteiger partial charge is 0.321 e. The van der Waals surface area contributed by atoms with Crippen LogP contribution in [-0.4, -0.2) is 58.3 Å². The zero-order chi connectivity index (χ0) is 22.9. The van der Waals surface area contributed by atoms with Gasteiger partial charge >= 0.3 is 6.03 Å². The van der Waals surface area contributed by atoms with Crippen LogP contribution in [0.2, 0.25) is 0 Å². The molecule has 0 aromatic heterocycles. The number of amides is 3. The van der Waals surface area contributed by atoms with Gasteiger partial charge < -0.3 is 10.1 Å². The van der Waals surface area contributed by atoms with Gasteiger partial charge in [0.1, 0.15) is 11.8 Å². The Morgan fingerprint density at radius 3 is 2.45 bits per heavy atom. The first kappa shape index (κ1) is 24.4. The number of carbonyl (C=O) groups is 2. The Morgan fingerprint density at radius 1 is 1.10 bits per heavy atom. The molecule has 3 amide bonds. The van der Waals surface area contributed by atoms with Crippen molar-refractivity contribution >= 4 is 21.8 Å². The van der Waals surface area contributed by atoms with E-state index in [0.29, 0.717) is 31.9 Å². The number of ether oxygens (including phenoxy) is 1. The summed E-state index contributed by atoms with van der Waals surface area (Å²) in [4.78, 5) is 26.6. The van der Waals surface area contributed by atoms with Crippen molar-refractivity contribution in [1.29, 1.82) is 0 Å². The fourth-order valence-electron chi connectivity index (χ4n) is 3.05. The van der Waals surface area contributed by atoms with Crippen molar-refractivity contribution in [2.45, 2.75) is 24.3 Å². The van der Waals surface area contributed by atoms with Crippen LogP contribution in [0.5, 0.6) is 5.75 Å². The summed E-state index contributed by atoms with van der Waals surface area (Å²) in [7, 11) is -1.50. The molecule has 0 aliphatic rings. The zero-order valence-electron chi connectivity index (χ0n) is 18.0. The first-order valence-electron chi connectivity index (χ1n) is 9.99. The summed E-state index contributed by atoms with van der Waals surface area (Å²) in [6, 6.07) is 14.4. The van der Waals surface area contributed by atoms with E-state index in [9.17, 15) is 18.0 Å². The molecule has 2 aromatic carbocycles. The molecule has 2 aromatic rings. The lowest BCUT2D eigenvalue weighted by molar-refractivity contribution is -0.125. The molecule has 2 N–H and O–H groups in total. The fraction of sp³-hybridized carbons (Fsp3) is 0.364. The van der Waals surface area contributed by atoms with E-state index in [4.69, 9.17) is 4.74 Å². The summed E-state index contributed by atoms with van der Waals surface area (Å²) in [6.07, 6.45) is 1.74. The molecule has 0 saturated carbocycles. The van der Waals surface area contributed by atoms with Crippen LogP contribution < -0.4 is 15.4 Å². The molecule has 9 heteroatoms. The predicted octanol–water partition coefficient (Wildman–Crippen LogP) is 2.38. The quantitative estimate of drug-likeness (QED) is 0.542. The van der Waals surface area contributed by atoms with Crippen LogP contribution >= 0.6 is 0 Å². The van der Waals surface area contributed by atoms with Gasteiger partial charge in [0.05, 0.1) is 11.5 Å². The van der Waals surface area contributed by atoms with E-state index in [-0.39, 0.29) is 4.90 Å². The molecule has 0 aliphatic carbocycles. The number of likely N-dealkylation sites (N-methyl/N-ethyl adjacent to an activating group) is 1. The SMILES string of the molecule is CCNC(=O)NC(=O)C(c1ccccc1)N(C)CCCOc1cccc(S(C)(=O)=O)c1. The summed E-state index contributed by atoms with van der Waals surface area (Å²) in [5.74, 6) is 0.0561. The third-order valence-electron chi connectivity index (χ3n) is 4.54. The highest BCUT2D eigenvalue weighted by Crippen LogP contribution is 2.21. The van der Waals surface area contributed by atoms with Gasteiger partial charge in [0.2, 0.25) is 5.91 Å². The summed E-state index contributed by atoms with van der Waals surface area (Å²) in [5, 5.41) is 4.93. The summed E-state index contributed by atoms with van der Waals surface area (Å²) in [5.41, 5.74) is 0.772. The molecule has 0 aliphatic heterocycles. The van der Waals surface area contributed by atoms with Crippen molar-refractivity contribution < 1.29 is 22.7 Å². The van der Waals surface area contributed by atoms with Crippen LogP contribution in [-0.2, 0) is 14.6 Å². The Balaban J connectivity index is 1.98. The lowest BCUT2D eigenvalue weighted by atomic mass is 10.0. The number of nitrogens with one attached hydrogen (secondary N) is 2. The number of imide groups is 1. The van der Waals surface area contributed by atoms with Crippen molar-refractivity contribution in [3.05, 3.63) is 60.2 Å². The molecule has 168 valence electrons. The van der Waals surface area contributed by atoms with Crippen LogP contribution in [0.25, 0.3) is 0 Å². The molecule has 0 radical (unpaired) electrons. The number of hydrogen-bond acceptors (Lipinski definition) is 6. The highest BCUT2D eigenvalue weighted by molar-refractivity contribution is 7.90. The van der Waals surface area contributed by atoms with E-state index in [0.717, 1.165) is 11.8 Å². The normalized spacial score (nSPS) is 12.3. The molecule has 8 nitrogen and oxygen atoms in total. The minimum absolute atomic E-state index is 0.202. The summed E-state index contributed by atoms with van der Waals surface area (Å²) < 4.78 is 29.0. The molecule has 0 saturated heterocycles. The van der Waals surface area contributed by atoms with Gasteiger partial charge in [0.15, 0.2) is 9.84 Å². The summed E-state index contributed by atoms with van der Waals surface area (Å²) in [6.45, 7) is 3.06. The molecule has 1 unspecified atom stereocenters. The second-order valence-electron chi connectivity index (χ2n) is 7.09. The zero-order valence-corrected chi connectivity index (χ0v) is 18.8. The molecule has 2 rings (SSSR count). The van der Waals surface area contributed by atoms with Crippen LogP contribution in [0.4, 0.5) is 4.79 Å². The Bertz CT molecular complexity index is 980. The van der Waals surface area contributed by atoms with Crippen LogP contribution in [0.1, 0.15) is 24.9 Å². The van der Waals surface area contributed by atoms with E-state index in [1.807, 2.05) is 35.2 Å². The predicted molar refractivity (Wildman–Crippen MR) is 119 cm³/mol. The second kappa shape index (κ2) is 11.5. The average Bonchev–Trinajstić information content (AvgIpc) is 2.72. The highest BCUT2D eigenvalue weighted by atomic mass is 32.2. The number of hydrogen-bond donors (Lipinski definition) is 2. The number of carbonyl (C=O) groups excluding carboxylic acids is 2. The van der Waals surface area contributed by atoms with Crippen molar-refractivity contribution in [1.82, 2.24) is 15.5 Å². The van der Waals surface area contributed by atoms with Gasteiger partial charge in [-0.2, -0.15) is 0 Å². The molecule has 0 heterocycles. The van der Waals surface area contributed by atoms with Crippen molar-refractivity contribution in [2.75, 3.05) is 33.0 Å². The van der Waals surface area contributed by atoms with Gasteiger partial charge in [-0.05, 0) is 44.2 Å². The molecule has 0 fully saturated rings. The molecule has 31 heavy (non-hydrogen) atoms. The Hall–Kier alpha value is -2.91. The largest absolute Gasteiger partial charge is 0.494 e.